The normalized spacial score (nSPS) is 19.1. The lowest BCUT2D eigenvalue weighted by molar-refractivity contribution is -0.161. The average Bonchev–Trinajstić information content (AvgIpc) is 2.95. The number of alkyl carbamates (subject to hydrolysis) is 1. The molecule has 2 N–H and O–H groups in total. The summed E-state index contributed by atoms with van der Waals surface area (Å²) < 4.78 is 18.5. The number of benzene rings is 2. The predicted octanol–water partition coefficient (Wildman–Crippen LogP) is 3.99. The zero-order valence-electron chi connectivity index (χ0n) is 22.7. The molecule has 39 heavy (non-hydrogen) atoms. The smallest absolute Gasteiger partial charge is 0.407 e. The van der Waals surface area contributed by atoms with E-state index in [1.807, 2.05) is 42.2 Å². The number of halogens is 1. The van der Waals surface area contributed by atoms with Gasteiger partial charge in [0.1, 0.15) is 24.0 Å². The summed E-state index contributed by atoms with van der Waals surface area (Å²) in [6, 6.07) is 15.4. The van der Waals surface area contributed by atoms with E-state index >= 15 is 0 Å². The summed E-state index contributed by atoms with van der Waals surface area (Å²) in [5, 5.41) is 5.77. The number of rotatable bonds is 11. The molecule has 9 heteroatoms. The highest BCUT2D eigenvalue weighted by atomic mass is 19.1. The molecule has 2 aromatic carbocycles. The van der Waals surface area contributed by atoms with Crippen LogP contribution < -0.4 is 10.6 Å². The van der Waals surface area contributed by atoms with Crippen molar-refractivity contribution in [3.05, 3.63) is 71.5 Å². The number of nitrogens with zero attached hydrogens (tertiary/aromatic N) is 2. The molecule has 1 atom stereocenters. The van der Waals surface area contributed by atoms with Crippen LogP contribution in [0.1, 0.15) is 56.6 Å². The van der Waals surface area contributed by atoms with Gasteiger partial charge in [-0.05, 0) is 61.8 Å². The second-order valence-electron chi connectivity index (χ2n) is 10.4. The molecule has 2 aliphatic rings. The van der Waals surface area contributed by atoms with Gasteiger partial charge in [-0.1, -0.05) is 49.4 Å². The van der Waals surface area contributed by atoms with Crippen molar-refractivity contribution < 1.29 is 23.5 Å². The SMILES string of the molecule is CCCN1C(=O)[C@H](CCCCNC(=O)OCc2ccccc2)NC(=O)C12CCN(Cc1ccc(F)cc1)CC2. The van der Waals surface area contributed by atoms with Gasteiger partial charge in [0.15, 0.2) is 0 Å². The molecule has 210 valence electrons. The zero-order valence-corrected chi connectivity index (χ0v) is 22.7. The molecule has 0 saturated carbocycles. The largest absolute Gasteiger partial charge is 0.445 e. The number of nitrogens with one attached hydrogen (secondary N) is 2. The quantitative estimate of drug-likeness (QED) is 0.422. The second-order valence-corrected chi connectivity index (χ2v) is 10.4. The van der Waals surface area contributed by atoms with Gasteiger partial charge < -0.3 is 20.3 Å². The third-order valence-electron chi connectivity index (χ3n) is 7.66. The van der Waals surface area contributed by atoms with Crippen LogP contribution in [0.5, 0.6) is 0 Å². The van der Waals surface area contributed by atoms with Gasteiger partial charge in [-0.2, -0.15) is 0 Å². The molecule has 0 bridgehead atoms. The van der Waals surface area contributed by atoms with Crippen LogP contribution in [0.2, 0.25) is 0 Å². The van der Waals surface area contributed by atoms with E-state index in [0.717, 1.165) is 17.5 Å². The third-order valence-corrected chi connectivity index (χ3v) is 7.66. The Morgan fingerprint density at radius 2 is 1.77 bits per heavy atom. The zero-order chi connectivity index (χ0) is 27.7. The molecule has 0 radical (unpaired) electrons. The number of piperazine rings is 1. The molecule has 2 fully saturated rings. The molecular formula is C30H39FN4O4. The van der Waals surface area contributed by atoms with Crippen molar-refractivity contribution in [2.24, 2.45) is 0 Å². The summed E-state index contributed by atoms with van der Waals surface area (Å²) in [6.45, 7) is 5.30. The standard InChI is InChI=1S/C30H39FN4O4/c1-2-18-35-27(36)26(10-6-7-17-32-29(38)39-22-24-8-4-3-5-9-24)33-28(37)30(35)15-19-34(20-16-30)21-23-11-13-25(31)14-12-23/h3-5,8-9,11-14,26H,2,6-7,10,15-22H2,1H3,(H,32,38)(H,33,37)/t26-/m0/s1. The summed E-state index contributed by atoms with van der Waals surface area (Å²) in [6.07, 6.45) is 3.36. The molecule has 1 spiro atoms. The lowest BCUT2D eigenvalue weighted by Gasteiger charge is -2.51. The molecule has 2 heterocycles. The van der Waals surface area contributed by atoms with Crippen LogP contribution in [0, 0.1) is 5.82 Å². The highest BCUT2D eigenvalue weighted by molar-refractivity contribution is 6.00. The van der Waals surface area contributed by atoms with Gasteiger partial charge in [0.2, 0.25) is 11.8 Å². The van der Waals surface area contributed by atoms with Crippen molar-refractivity contribution in [1.29, 1.82) is 0 Å². The van der Waals surface area contributed by atoms with Gasteiger partial charge >= 0.3 is 6.09 Å². The minimum absolute atomic E-state index is 0.0151. The molecular weight excluding hydrogens is 499 g/mol. The summed E-state index contributed by atoms with van der Waals surface area (Å²) in [5.41, 5.74) is 1.14. The first-order chi connectivity index (χ1) is 18.9. The topological polar surface area (TPSA) is 91.0 Å². The fraction of sp³-hybridized carbons (Fsp3) is 0.500. The number of ether oxygens (including phenoxy) is 1. The highest BCUT2D eigenvalue weighted by Gasteiger charge is 2.53. The Morgan fingerprint density at radius 3 is 2.46 bits per heavy atom. The van der Waals surface area contributed by atoms with Crippen LogP contribution >= 0.6 is 0 Å². The van der Waals surface area contributed by atoms with E-state index < -0.39 is 17.7 Å². The summed E-state index contributed by atoms with van der Waals surface area (Å²) in [4.78, 5) is 43.0. The lowest BCUT2D eigenvalue weighted by Crippen LogP contribution is -2.72. The Balaban J connectivity index is 1.23. The molecule has 2 saturated heterocycles. The van der Waals surface area contributed by atoms with E-state index in [2.05, 4.69) is 15.5 Å². The van der Waals surface area contributed by atoms with Crippen LogP contribution in [-0.2, 0) is 27.5 Å². The van der Waals surface area contributed by atoms with E-state index in [0.29, 0.717) is 64.8 Å². The first kappa shape index (κ1) is 28.5. The van der Waals surface area contributed by atoms with Crippen molar-refractivity contribution in [2.75, 3.05) is 26.2 Å². The van der Waals surface area contributed by atoms with E-state index in [9.17, 15) is 18.8 Å². The van der Waals surface area contributed by atoms with Crippen molar-refractivity contribution in [3.8, 4) is 0 Å². The maximum absolute atomic E-state index is 13.5. The van der Waals surface area contributed by atoms with Crippen LogP contribution in [0.4, 0.5) is 9.18 Å². The van der Waals surface area contributed by atoms with Gasteiger partial charge in [0.05, 0.1) is 0 Å². The van der Waals surface area contributed by atoms with Crippen LogP contribution in [0.3, 0.4) is 0 Å². The highest BCUT2D eigenvalue weighted by Crippen LogP contribution is 2.34. The first-order valence-electron chi connectivity index (χ1n) is 13.9. The second kappa shape index (κ2) is 13.6. The number of carbonyl (C=O) groups excluding carboxylic acids is 3. The summed E-state index contributed by atoms with van der Waals surface area (Å²) in [7, 11) is 0. The maximum Gasteiger partial charge on any atom is 0.407 e. The minimum atomic E-state index is -0.813. The van der Waals surface area contributed by atoms with Gasteiger partial charge in [-0.3, -0.25) is 14.5 Å². The average molecular weight is 539 g/mol. The monoisotopic (exact) mass is 538 g/mol. The molecule has 0 unspecified atom stereocenters. The number of hydrogen-bond acceptors (Lipinski definition) is 5. The fourth-order valence-corrected chi connectivity index (χ4v) is 5.48. The molecule has 4 rings (SSSR count). The van der Waals surface area contributed by atoms with Gasteiger partial charge in [0.25, 0.3) is 0 Å². The first-order valence-corrected chi connectivity index (χ1v) is 13.9. The van der Waals surface area contributed by atoms with Crippen LogP contribution in [0.25, 0.3) is 0 Å². The number of hydrogen-bond donors (Lipinski definition) is 2. The molecule has 0 aromatic heterocycles. The molecule has 8 nitrogen and oxygen atoms in total. The third kappa shape index (κ3) is 7.35. The van der Waals surface area contributed by atoms with E-state index in [-0.39, 0.29) is 24.2 Å². The van der Waals surface area contributed by atoms with Gasteiger partial charge in [0, 0.05) is 32.7 Å². The predicted molar refractivity (Wildman–Crippen MR) is 146 cm³/mol. The number of piperidine rings is 1. The minimum Gasteiger partial charge on any atom is -0.445 e. The van der Waals surface area contributed by atoms with Gasteiger partial charge in [-0.15, -0.1) is 0 Å². The number of unbranched alkanes of at least 4 members (excludes halogenated alkanes) is 1. The fourth-order valence-electron chi connectivity index (χ4n) is 5.48. The summed E-state index contributed by atoms with van der Waals surface area (Å²) in [5.74, 6) is -0.334. The van der Waals surface area contributed by atoms with E-state index in [4.69, 9.17) is 4.74 Å². The number of amides is 3. The van der Waals surface area contributed by atoms with Crippen LogP contribution in [0.15, 0.2) is 54.6 Å². The van der Waals surface area contributed by atoms with E-state index in [1.165, 1.54) is 12.1 Å². The Labute approximate surface area is 229 Å². The Hall–Kier alpha value is -3.46. The van der Waals surface area contributed by atoms with Crippen LogP contribution in [-0.4, -0.2) is 65.5 Å². The Morgan fingerprint density at radius 1 is 1.05 bits per heavy atom. The molecule has 2 aromatic rings. The maximum atomic E-state index is 13.5. The summed E-state index contributed by atoms with van der Waals surface area (Å²) >= 11 is 0. The van der Waals surface area contributed by atoms with E-state index in [1.54, 1.807) is 12.1 Å². The molecule has 3 amide bonds. The Bertz CT molecular complexity index is 1100. The van der Waals surface area contributed by atoms with Crippen molar-refractivity contribution >= 4 is 17.9 Å². The lowest BCUT2D eigenvalue weighted by atomic mass is 9.81. The van der Waals surface area contributed by atoms with Crippen molar-refractivity contribution in [3.63, 3.8) is 0 Å². The van der Waals surface area contributed by atoms with Crippen molar-refractivity contribution in [2.45, 2.75) is 70.2 Å². The van der Waals surface area contributed by atoms with Gasteiger partial charge in [-0.25, -0.2) is 9.18 Å². The molecule has 0 aliphatic carbocycles. The number of carbonyl (C=O) groups is 3. The number of likely N-dealkylation sites (tertiary alicyclic amines) is 1. The van der Waals surface area contributed by atoms with Crippen molar-refractivity contribution in [1.82, 2.24) is 20.4 Å². The molecule has 2 aliphatic heterocycles. The Kier molecular flexibility index (Phi) is 9.92.